The summed E-state index contributed by atoms with van der Waals surface area (Å²) in [7, 11) is -5.08. The van der Waals surface area contributed by atoms with Crippen molar-refractivity contribution in [2.24, 2.45) is 0 Å². The number of phosphoric acid groups is 1. The molecular weight excluding hydrogens is 525 g/mol. The molecular formula is C18H24N5O13P. The van der Waals surface area contributed by atoms with Gasteiger partial charge in [0.25, 0.3) is 5.56 Å². The fraction of sp³-hybridized carbons (Fsp3) is 0.556. The van der Waals surface area contributed by atoms with Gasteiger partial charge in [0.2, 0.25) is 0 Å². The van der Waals surface area contributed by atoms with Gasteiger partial charge in [-0.15, -0.1) is 0 Å². The van der Waals surface area contributed by atoms with Crippen LogP contribution in [0.3, 0.4) is 0 Å². The predicted octanol–water partition coefficient (Wildman–Crippen LogP) is -4.25. The van der Waals surface area contributed by atoms with Gasteiger partial charge in [-0.2, -0.15) is 4.98 Å². The number of nitrogens with two attached hydrogens (primary N) is 1. The van der Waals surface area contributed by atoms with E-state index in [4.69, 9.17) is 24.3 Å². The highest BCUT2D eigenvalue weighted by Crippen LogP contribution is 2.49. The van der Waals surface area contributed by atoms with Crippen LogP contribution in [0.2, 0.25) is 0 Å². The third kappa shape index (κ3) is 5.58. The molecule has 37 heavy (non-hydrogen) atoms. The van der Waals surface area contributed by atoms with Crippen molar-refractivity contribution in [3.05, 3.63) is 55.8 Å². The van der Waals surface area contributed by atoms with E-state index in [1.807, 2.05) is 4.98 Å². The van der Waals surface area contributed by atoms with E-state index in [-0.39, 0.29) is 5.82 Å². The quantitative estimate of drug-likeness (QED) is 0.154. The lowest BCUT2D eigenvalue weighted by molar-refractivity contribution is -0.0651. The first kappa shape index (κ1) is 27.3. The first-order valence-electron chi connectivity index (χ1n) is 10.7. The van der Waals surface area contributed by atoms with E-state index in [1.54, 1.807) is 0 Å². The molecule has 2 aliphatic heterocycles. The standard InChI is InChI=1S/C18H24N5O13P/c19-9-1-3-22(17(29)20-9)15-13(28)11(26)8(35-15)6-33-37(31,32)36-14-12(27)7(5-24)34-16(14)23-4-2-10(25)21-18(23)30/h1-4,7-8,11-16,24,26-28H,5-6H2,(H,31,32)(H2,19,20,29)(H,21,25,30). The molecule has 9 atom stereocenters. The zero-order chi connectivity index (χ0) is 27.1. The molecule has 0 saturated carbocycles. The van der Waals surface area contributed by atoms with Crippen LogP contribution in [0, 0.1) is 0 Å². The second-order valence-electron chi connectivity index (χ2n) is 8.18. The number of hydrogen-bond acceptors (Lipinski definition) is 14. The van der Waals surface area contributed by atoms with Crippen LogP contribution in [0.5, 0.6) is 0 Å². The lowest BCUT2D eigenvalue weighted by Crippen LogP contribution is -2.39. The van der Waals surface area contributed by atoms with Crippen LogP contribution in [0.4, 0.5) is 5.82 Å². The summed E-state index contributed by atoms with van der Waals surface area (Å²) in [5.74, 6) is -0.0866. The molecule has 2 aromatic heterocycles. The van der Waals surface area contributed by atoms with Crippen molar-refractivity contribution in [3.8, 4) is 0 Å². The van der Waals surface area contributed by atoms with E-state index in [9.17, 15) is 44.3 Å². The second-order valence-corrected chi connectivity index (χ2v) is 9.58. The molecule has 0 aromatic carbocycles. The Morgan fingerprint density at radius 2 is 1.70 bits per heavy atom. The summed E-state index contributed by atoms with van der Waals surface area (Å²) in [6.45, 7) is -1.57. The highest BCUT2D eigenvalue weighted by Gasteiger charge is 2.50. The maximum absolute atomic E-state index is 12.7. The molecule has 0 spiro atoms. The molecule has 4 heterocycles. The van der Waals surface area contributed by atoms with Crippen LogP contribution in [0.15, 0.2) is 38.9 Å². The first-order chi connectivity index (χ1) is 17.4. The van der Waals surface area contributed by atoms with Gasteiger partial charge < -0.3 is 40.5 Å². The largest absolute Gasteiger partial charge is 0.472 e. The molecule has 18 nitrogen and oxygen atoms in total. The summed E-state index contributed by atoms with van der Waals surface area (Å²) in [5, 5.41) is 40.4. The predicted molar refractivity (Wildman–Crippen MR) is 118 cm³/mol. The Bertz CT molecular complexity index is 1350. The highest BCUT2D eigenvalue weighted by molar-refractivity contribution is 7.47. The minimum absolute atomic E-state index is 0.0866. The Hall–Kier alpha value is -2.77. The summed E-state index contributed by atoms with van der Waals surface area (Å²) in [5.41, 5.74) is 2.82. The van der Waals surface area contributed by atoms with Crippen molar-refractivity contribution in [1.82, 2.24) is 19.1 Å². The number of nitrogens with one attached hydrogen (secondary N) is 1. The maximum atomic E-state index is 12.7. The molecule has 8 N–H and O–H groups in total. The lowest BCUT2D eigenvalue weighted by atomic mass is 10.1. The average molecular weight is 549 g/mol. The average Bonchev–Trinajstić information content (AvgIpc) is 3.28. The van der Waals surface area contributed by atoms with E-state index < -0.39 is 87.1 Å². The van der Waals surface area contributed by atoms with Gasteiger partial charge in [0.05, 0.1) is 13.2 Å². The minimum atomic E-state index is -5.08. The number of aromatic nitrogens is 4. The number of aromatic amines is 1. The molecule has 2 aliphatic rings. The van der Waals surface area contributed by atoms with Gasteiger partial charge >= 0.3 is 19.2 Å². The molecule has 0 radical (unpaired) electrons. The molecule has 0 amide bonds. The molecule has 9 unspecified atom stereocenters. The Morgan fingerprint density at radius 3 is 2.35 bits per heavy atom. The van der Waals surface area contributed by atoms with E-state index in [0.29, 0.717) is 0 Å². The molecule has 2 fully saturated rings. The highest BCUT2D eigenvalue weighted by atomic mass is 31.2. The molecule has 0 aliphatic carbocycles. The van der Waals surface area contributed by atoms with Crippen LogP contribution in [-0.4, -0.2) is 94.3 Å². The minimum Gasteiger partial charge on any atom is -0.394 e. The van der Waals surface area contributed by atoms with Gasteiger partial charge in [0.15, 0.2) is 12.5 Å². The number of phosphoric ester groups is 1. The van der Waals surface area contributed by atoms with Crippen molar-refractivity contribution in [3.63, 3.8) is 0 Å². The van der Waals surface area contributed by atoms with E-state index in [1.165, 1.54) is 12.3 Å². The number of aliphatic hydroxyl groups is 4. The number of hydrogen-bond donors (Lipinski definition) is 7. The number of nitrogens with zero attached hydrogens (tertiary/aromatic N) is 3. The third-order valence-corrected chi connectivity index (χ3v) is 6.72. The zero-order valence-corrected chi connectivity index (χ0v) is 19.6. The molecule has 204 valence electrons. The van der Waals surface area contributed by atoms with E-state index in [2.05, 4.69) is 4.98 Å². The third-order valence-electron chi connectivity index (χ3n) is 5.74. The van der Waals surface area contributed by atoms with Crippen LogP contribution >= 0.6 is 7.82 Å². The van der Waals surface area contributed by atoms with Crippen LogP contribution in [0.1, 0.15) is 12.5 Å². The normalized spacial score (nSPS) is 33.4. The smallest absolute Gasteiger partial charge is 0.394 e. The van der Waals surface area contributed by atoms with Crippen molar-refractivity contribution >= 4 is 13.6 Å². The number of aliphatic hydroxyl groups excluding tert-OH is 4. The molecule has 19 heteroatoms. The second kappa shape index (κ2) is 10.5. The Morgan fingerprint density at radius 1 is 1.03 bits per heavy atom. The summed E-state index contributed by atoms with van der Waals surface area (Å²) in [6.07, 6.45) is -10.3. The molecule has 2 saturated heterocycles. The van der Waals surface area contributed by atoms with Gasteiger partial charge in [-0.05, 0) is 6.07 Å². The summed E-state index contributed by atoms with van der Waals surface area (Å²) in [6, 6.07) is 2.21. The first-order valence-corrected chi connectivity index (χ1v) is 12.2. The Balaban J connectivity index is 1.47. The van der Waals surface area contributed by atoms with Gasteiger partial charge in [0, 0.05) is 18.5 Å². The van der Waals surface area contributed by atoms with Crippen molar-refractivity contribution in [2.45, 2.75) is 49.1 Å². The van der Waals surface area contributed by atoms with Crippen molar-refractivity contribution < 1.29 is 48.4 Å². The summed E-state index contributed by atoms with van der Waals surface area (Å²) < 4.78 is 35.0. The lowest BCUT2D eigenvalue weighted by Gasteiger charge is -2.25. The number of ether oxygens (including phenoxy) is 2. The van der Waals surface area contributed by atoms with Crippen LogP contribution < -0.4 is 22.7 Å². The van der Waals surface area contributed by atoms with Crippen molar-refractivity contribution in [2.75, 3.05) is 18.9 Å². The zero-order valence-electron chi connectivity index (χ0n) is 18.7. The molecule has 4 rings (SSSR count). The number of rotatable bonds is 8. The number of anilines is 1. The van der Waals surface area contributed by atoms with Crippen LogP contribution in [0.25, 0.3) is 0 Å². The van der Waals surface area contributed by atoms with E-state index >= 15 is 0 Å². The maximum Gasteiger partial charge on any atom is 0.472 e. The van der Waals surface area contributed by atoms with Gasteiger partial charge in [-0.3, -0.25) is 28.0 Å². The fourth-order valence-corrected chi connectivity index (χ4v) is 4.83. The van der Waals surface area contributed by atoms with Crippen LogP contribution in [-0.2, 0) is 23.1 Å². The number of H-pyrrole nitrogens is 1. The van der Waals surface area contributed by atoms with Gasteiger partial charge in [-0.1, -0.05) is 0 Å². The number of nitrogen functional groups attached to an aromatic ring is 1. The summed E-state index contributed by atoms with van der Waals surface area (Å²) in [4.78, 5) is 51.2. The monoisotopic (exact) mass is 549 g/mol. The summed E-state index contributed by atoms with van der Waals surface area (Å²) >= 11 is 0. The van der Waals surface area contributed by atoms with E-state index in [0.717, 1.165) is 21.4 Å². The topological polar surface area (TPSA) is 271 Å². The van der Waals surface area contributed by atoms with Gasteiger partial charge in [0.1, 0.15) is 42.4 Å². The van der Waals surface area contributed by atoms with Crippen molar-refractivity contribution in [1.29, 1.82) is 0 Å². The Labute approximate surface area is 205 Å². The molecule has 0 bridgehead atoms. The molecule has 2 aromatic rings. The SMILES string of the molecule is Nc1ccn(C2OC(COP(=O)(O)OC3C(O)C(CO)OC3n3ccc(=O)[nH]c3=O)C(O)C2O)c(=O)n1. The Kier molecular flexibility index (Phi) is 7.77. The van der Waals surface area contributed by atoms with Gasteiger partial charge in [-0.25, -0.2) is 14.2 Å². The fourth-order valence-electron chi connectivity index (χ4n) is 3.90.